The number of nitrogens with one attached hydrogen (secondary N) is 1. The highest BCUT2D eigenvalue weighted by molar-refractivity contribution is 5.81. The minimum atomic E-state index is -0.0763. The van der Waals surface area contributed by atoms with Gasteiger partial charge < -0.3 is 19.9 Å². The van der Waals surface area contributed by atoms with Gasteiger partial charge in [0.1, 0.15) is 18.2 Å². The molecule has 1 N–H and O–H groups in total. The van der Waals surface area contributed by atoms with E-state index in [1.165, 1.54) is 22.3 Å². The molecule has 6 heteroatoms. The van der Waals surface area contributed by atoms with Crippen LogP contribution in [-0.4, -0.2) is 49.0 Å². The van der Waals surface area contributed by atoms with Crippen molar-refractivity contribution in [2.24, 2.45) is 5.92 Å². The molecule has 1 saturated heterocycles. The monoisotopic (exact) mass is 512 g/mol. The molecule has 3 aromatic rings. The van der Waals surface area contributed by atoms with Crippen molar-refractivity contribution in [3.05, 3.63) is 88.6 Å². The number of ether oxygens (including phenoxy) is 1. The smallest absolute Gasteiger partial charge is 0.228 e. The van der Waals surface area contributed by atoms with Gasteiger partial charge in [-0.05, 0) is 97.7 Å². The van der Waals surface area contributed by atoms with Crippen molar-refractivity contribution in [1.82, 2.24) is 15.2 Å². The minimum Gasteiger partial charge on any atom is -0.489 e. The summed E-state index contributed by atoms with van der Waals surface area (Å²) in [6.07, 6.45) is 4.97. The topological polar surface area (TPSA) is 57.7 Å². The Morgan fingerprint density at radius 2 is 1.87 bits per heavy atom. The van der Waals surface area contributed by atoms with Gasteiger partial charge in [-0.1, -0.05) is 30.3 Å². The van der Waals surface area contributed by atoms with Crippen molar-refractivity contribution in [3.63, 3.8) is 0 Å². The summed E-state index contributed by atoms with van der Waals surface area (Å²) in [5.74, 6) is 2.13. The maximum absolute atomic E-state index is 14.1. The van der Waals surface area contributed by atoms with Crippen molar-refractivity contribution in [1.29, 1.82) is 0 Å². The predicted octanol–water partition coefficient (Wildman–Crippen LogP) is 5.23. The molecule has 1 amide bonds. The van der Waals surface area contributed by atoms with Crippen LogP contribution in [0.15, 0.2) is 60.8 Å². The van der Waals surface area contributed by atoms with Crippen molar-refractivity contribution >= 4 is 11.7 Å². The Hall–Kier alpha value is -3.38. The van der Waals surface area contributed by atoms with Crippen LogP contribution in [0, 0.1) is 19.8 Å². The molecule has 200 valence electrons. The summed E-state index contributed by atoms with van der Waals surface area (Å²) in [7, 11) is 3.97. The molecule has 38 heavy (non-hydrogen) atoms. The van der Waals surface area contributed by atoms with E-state index < -0.39 is 0 Å². The normalized spacial score (nSPS) is 19.2. The molecule has 5 rings (SSSR count). The Balaban J connectivity index is 1.32. The lowest BCUT2D eigenvalue weighted by atomic mass is 9.80. The van der Waals surface area contributed by atoms with Gasteiger partial charge in [-0.15, -0.1) is 0 Å². The van der Waals surface area contributed by atoms with Gasteiger partial charge in [-0.2, -0.15) is 0 Å². The van der Waals surface area contributed by atoms with Crippen molar-refractivity contribution in [2.45, 2.75) is 58.2 Å². The van der Waals surface area contributed by atoms with Gasteiger partial charge in [-0.25, -0.2) is 4.98 Å². The summed E-state index contributed by atoms with van der Waals surface area (Å²) >= 11 is 0. The summed E-state index contributed by atoms with van der Waals surface area (Å²) in [5, 5.41) is 3.50. The third-order valence-electron chi connectivity index (χ3n) is 8.09. The zero-order valence-corrected chi connectivity index (χ0v) is 23.1. The fraction of sp³-hybridized carbons (Fsp3) is 0.438. The Bertz CT molecular complexity index is 1270. The van der Waals surface area contributed by atoms with Crippen LogP contribution < -0.4 is 15.0 Å². The van der Waals surface area contributed by atoms with Gasteiger partial charge >= 0.3 is 0 Å². The summed E-state index contributed by atoms with van der Waals surface area (Å²) < 4.78 is 6.20. The number of piperidine rings is 1. The average molecular weight is 513 g/mol. The van der Waals surface area contributed by atoms with Gasteiger partial charge in [0, 0.05) is 39.4 Å². The van der Waals surface area contributed by atoms with Crippen LogP contribution in [0.2, 0.25) is 0 Å². The number of carbonyl (C=O) groups is 1. The van der Waals surface area contributed by atoms with Gasteiger partial charge in [0.15, 0.2) is 0 Å². The molecule has 0 radical (unpaired) electrons. The summed E-state index contributed by atoms with van der Waals surface area (Å²) in [6, 6.07) is 19.2. The number of amides is 1. The number of carbonyl (C=O) groups excluding carboxylic acids is 1. The molecule has 0 spiro atoms. The molecule has 1 aliphatic carbocycles. The van der Waals surface area contributed by atoms with Crippen LogP contribution in [0.1, 0.15) is 53.0 Å². The van der Waals surface area contributed by atoms with E-state index in [2.05, 4.69) is 65.4 Å². The second kappa shape index (κ2) is 11.6. The lowest BCUT2D eigenvalue weighted by molar-refractivity contribution is -0.138. The minimum absolute atomic E-state index is 0.0763. The highest BCUT2D eigenvalue weighted by Crippen LogP contribution is 2.37. The summed E-state index contributed by atoms with van der Waals surface area (Å²) in [4.78, 5) is 22.6. The number of pyridine rings is 1. The number of nitrogens with zero attached hydrogens (tertiary/aromatic N) is 3. The fourth-order valence-electron chi connectivity index (χ4n) is 5.47. The number of aromatic nitrogens is 1. The van der Waals surface area contributed by atoms with E-state index in [0.29, 0.717) is 19.2 Å². The van der Waals surface area contributed by atoms with E-state index in [1.54, 1.807) is 0 Å². The lowest BCUT2D eigenvalue weighted by Gasteiger charge is -2.36. The molecule has 6 nitrogen and oxygen atoms in total. The molecule has 2 heterocycles. The molecule has 0 unspecified atom stereocenters. The maximum atomic E-state index is 14.1. The molecule has 2 atom stereocenters. The van der Waals surface area contributed by atoms with Crippen LogP contribution in [0.4, 0.5) is 5.82 Å². The van der Waals surface area contributed by atoms with E-state index in [-0.39, 0.29) is 17.7 Å². The molecular weight excluding hydrogens is 472 g/mol. The van der Waals surface area contributed by atoms with Gasteiger partial charge in [-0.3, -0.25) is 4.79 Å². The third-order valence-corrected chi connectivity index (χ3v) is 8.09. The second-order valence-corrected chi connectivity index (χ2v) is 11.0. The Labute approximate surface area is 227 Å². The Morgan fingerprint density at radius 1 is 1.05 bits per heavy atom. The molecule has 2 aliphatic rings. The van der Waals surface area contributed by atoms with E-state index in [4.69, 9.17) is 4.74 Å². The first-order chi connectivity index (χ1) is 18.4. The molecule has 1 aromatic heterocycles. The number of hydrogen-bond acceptors (Lipinski definition) is 5. The standard InChI is InChI=1S/C32H40N4O2/c1-22-7-5-9-26(23(22)2)20-36(27-11-12-27)32(37)30-19-33-15-14-29(30)25-8-6-10-28(18-25)38-21-24-13-16-34-31(17-24)35(3)4/h5-10,13,16-18,27,29-30,33H,11-12,14-15,19-21H2,1-4H3/t29-,30+/m1/s1. The third kappa shape index (κ3) is 6.02. The van der Waals surface area contributed by atoms with E-state index >= 15 is 0 Å². The Morgan fingerprint density at radius 3 is 2.66 bits per heavy atom. The first-order valence-corrected chi connectivity index (χ1v) is 13.8. The highest BCUT2D eigenvalue weighted by atomic mass is 16.5. The number of benzene rings is 2. The SMILES string of the molecule is Cc1cccc(CN(C(=O)[C@H]2CNCC[C@@H]2c2cccc(OCc3ccnc(N(C)C)c3)c2)C2CC2)c1C. The predicted molar refractivity (Wildman–Crippen MR) is 153 cm³/mol. The van der Waals surface area contributed by atoms with Gasteiger partial charge in [0.2, 0.25) is 5.91 Å². The lowest BCUT2D eigenvalue weighted by Crippen LogP contribution is -2.47. The van der Waals surface area contributed by atoms with E-state index in [0.717, 1.165) is 49.5 Å². The summed E-state index contributed by atoms with van der Waals surface area (Å²) in [6.45, 7) is 7.13. The first-order valence-electron chi connectivity index (χ1n) is 13.8. The van der Waals surface area contributed by atoms with Crippen LogP contribution in [-0.2, 0) is 17.9 Å². The van der Waals surface area contributed by atoms with Crippen LogP contribution >= 0.6 is 0 Å². The second-order valence-electron chi connectivity index (χ2n) is 11.0. The van der Waals surface area contributed by atoms with Gasteiger partial charge in [0.05, 0.1) is 5.92 Å². The fourth-order valence-corrected chi connectivity index (χ4v) is 5.47. The summed E-state index contributed by atoms with van der Waals surface area (Å²) in [5.41, 5.74) is 6.10. The molecular formula is C32H40N4O2. The van der Waals surface area contributed by atoms with Crippen LogP contribution in [0.3, 0.4) is 0 Å². The number of aryl methyl sites for hydroxylation is 1. The van der Waals surface area contributed by atoms with Crippen molar-refractivity contribution in [2.75, 3.05) is 32.1 Å². The van der Waals surface area contributed by atoms with E-state index in [1.807, 2.05) is 43.4 Å². The average Bonchev–Trinajstić information content (AvgIpc) is 3.78. The van der Waals surface area contributed by atoms with Crippen LogP contribution in [0.5, 0.6) is 5.75 Å². The largest absolute Gasteiger partial charge is 0.489 e. The van der Waals surface area contributed by atoms with E-state index in [9.17, 15) is 4.79 Å². The molecule has 2 aromatic carbocycles. The maximum Gasteiger partial charge on any atom is 0.228 e. The quantitative estimate of drug-likeness (QED) is 0.426. The highest BCUT2D eigenvalue weighted by Gasteiger charge is 2.40. The molecule has 1 saturated carbocycles. The first kappa shape index (κ1) is 26.2. The number of anilines is 1. The van der Waals surface area contributed by atoms with Gasteiger partial charge in [0.25, 0.3) is 0 Å². The van der Waals surface area contributed by atoms with Crippen molar-refractivity contribution in [3.8, 4) is 5.75 Å². The molecule has 2 fully saturated rings. The number of rotatable bonds is 9. The molecule has 0 bridgehead atoms. The Kier molecular flexibility index (Phi) is 7.98. The number of hydrogen-bond donors (Lipinski definition) is 1. The van der Waals surface area contributed by atoms with Crippen molar-refractivity contribution < 1.29 is 9.53 Å². The zero-order chi connectivity index (χ0) is 26.6. The zero-order valence-electron chi connectivity index (χ0n) is 23.1. The van der Waals surface area contributed by atoms with Crippen LogP contribution in [0.25, 0.3) is 0 Å². The molecule has 1 aliphatic heterocycles.